The maximum absolute atomic E-state index is 13.4. The average Bonchev–Trinajstić information content (AvgIpc) is 2.88. The molecule has 2 aromatic rings. The van der Waals surface area contributed by atoms with Gasteiger partial charge in [0.1, 0.15) is 11.5 Å². The number of hydrogen-bond donors (Lipinski definition) is 2. The lowest BCUT2D eigenvalue weighted by atomic mass is 10.3. The Bertz CT molecular complexity index is 601. The first-order chi connectivity index (χ1) is 9.10. The second-order valence-electron chi connectivity index (χ2n) is 3.73. The van der Waals surface area contributed by atoms with Crippen LogP contribution in [0.3, 0.4) is 0 Å². The van der Waals surface area contributed by atoms with Crippen molar-refractivity contribution in [1.29, 1.82) is 0 Å². The quantitative estimate of drug-likeness (QED) is 0.867. The molecule has 0 aliphatic heterocycles. The number of carbonyl (C=O) groups is 1. The monoisotopic (exact) mass is 327 g/mol. The van der Waals surface area contributed by atoms with Crippen LogP contribution in [0.5, 0.6) is 0 Å². The van der Waals surface area contributed by atoms with Crippen molar-refractivity contribution >= 4 is 21.8 Å². The van der Waals surface area contributed by atoms with E-state index in [1.54, 1.807) is 18.3 Å². The normalized spacial score (nSPS) is 10.5. The van der Waals surface area contributed by atoms with Gasteiger partial charge in [-0.05, 0) is 28.1 Å². The van der Waals surface area contributed by atoms with Gasteiger partial charge in [0.15, 0.2) is 0 Å². The van der Waals surface area contributed by atoms with Crippen molar-refractivity contribution in [3.8, 4) is 5.69 Å². The molecular weight excluding hydrogens is 317 g/mol. The molecule has 0 saturated heterocycles. The van der Waals surface area contributed by atoms with Crippen LogP contribution in [0.2, 0.25) is 0 Å². The van der Waals surface area contributed by atoms with E-state index in [1.807, 2.05) is 0 Å². The standard InChI is InChI=1S/C11H11BrFN5O/c12-9-2-1-8(3-10(9)13)18-6-7(16-17-18)5-15-11(19)4-14/h1-3,6H,4-5,14H2,(H,15,19). The molecule has 0 spiro atoms. The Labute approximate surface area is 116 Å². The molecule has 3 N–H and O–H groups in total. The Hall–Kier alpha value is -1.80. The van der Waals surface area contributed by atoms with Gasteiger partial charge in [-0.3, -0.25) is 4.79 Å². The number of nitrogens with zero attached hydrogens (tertiary/aromatic N) is 3. The summed E-state index contributed by atoms with van der Waals surface area (Å²) in [5.74, 6) is -0.657. The van der Waals surface area contributed by atoms with E-state index in [-0.39, 0.29) is 24.8 Å². The second-order valence-corrected chi connectivity index (χ2v) is 4.59. The Morgan fingerprint density at radius 1 is 1.53 bits per heavy atom. The van der Waals surface area contributed by atoms with Crippen LogP contribution in [0.15, 0.2) is 28.9 Å². The maximum atomic E-state index is 13.4. The summed E-state index contributed by atoms with van der Waals surface area (Å²) in [7, 11) is 0. The molecule has 0 fully saturated rings. The first-order valence-corrected chi connectivity index (χ1v) is 6.23. The molecule has 19 heavy (non-hydrogen) atoms. The van der Waals surface area contributed by atoms with Gasteiger partial charge in [-0.15, -0.1) is 5.10 Å². The highest BCUT2D eigenvalue weighted by molar-refractivity contribution is 9.10. The van der Waals surface area contributed by atoms with Crippen LogP contribution in [0.1, 0.15) is 5.69 Å². The van der Waals surface area contributed by atoms with Crippen LogP contribution in [-0.4, -0.2) is 27.4 Å². The summed E-state index contributed by atoms with van der Waals surface area (Å²) in [4.78, 5) is 11.0. The smallest absolute Gasteiger partial charge is 0.234 e. The van der Waals surface area contributed by atoms with Crippen LogP contribution in [0.4, 0.5) is 4.39 Å². The van der Waals surface area contributed by atoms with Crippen molar-refractivity contribution in [2.24, 2.45) is 5.73 Å². The van der Waals surface area contributed by atoms with Crippen LogP contribution in [-0.2, 0) is 11.3 Å². The summed E-state index contributed by atoms with van der Waals surface area (Å²) in [6.07, 6.45) is 1.61. The van der Waals surface area contributed by atoms with E-state index in [4.69, 9.17) is 5.73 Å². The highest BCUT2D eigenvalue weighted by atomic mass is 79.9. The predicted octanol–water partition coefficient (Wildman–Crippen LogP) is 0.744. The fourth-order valence-electron chi connectivity index (χ4n) is 1.39. The summed E-state index contributed by atoms with van der Waals surface area (Å²) in [6, 6.07) is 4.62. The number of amides is 1. The highest BCUT2D eigenvalue weighted by Crippen LogP contribution is 2.18. The summed E-state index contributed by atoms with van der Waals surface area (Å²) < 4.78 is 15.2. The van der Waals surface area contributed by atoms with Gasteiger partial charge < -0.3 is 11.1 Å². The lowest BCUT2D eigenvalue weighted by Crippen LogP contribution is -2.29. The van der Waals surface area contributed by atoms with E-state index in [1.165, 1.54) is 10.7 Å². The Kier molecular flexibility index (Phi) is 4.23. The van der Waals surface area contributed by atoms with Gasteiger partial charge >= 0.3 is 0 Å². The molecule has 0 unspecified atom stereocenters. The van der Waals surface area contributed by atoms with Gasteiger partial charge in [-0.25, -0.2) is 9.07 Å². The topological polar surface area (TPSA) is 85.8 Å². The van der Waals surface area contributed by atoms with Crippen LogP contribution in [0.25, 0.3) is 5.69 Å². The van der Waals surface area contributed by atoms with E-state index in [2.05, 4.69) is 31.6 Å². The van der Waals surface area contributed by atoms with Gasteiger partial charge in [0.2, 0.25) is 5.91 Å². The first-order valence-electron chi connectivity index (χ1n) is 5.43. The molecule has 1 amide bonds. The van der Waals surface area contributed by atoms with E-state index < -0.39 is 0 Å². The van der Waals surface area contributed by atoms with E-state index in [9.17, 15) is 9.18 Å². The van der Waals surface area contributed by atoms with E-state index in [0.717, 1.165) is 0 Å². The minimum Gasteiger partial charge on any atom is -0.349 e. The lowest BCUT2D eigenvalue weighted by molar-refractivity contribution is -0.119. The van der Waals surface area contributed by atoms with Crippen molar-refractivity contribution in [2.75, 3.05) is 6.54 Å². The van der Waals surface area contributed by atoms with Crippen molar-refractivity contribution in [3.05, 3.63) is 40.4 Å². The van der Waals surface area contributed by atoms with Crippen LogP contribution >= 0.6 is 15.9 Å². The highest BCUT2D eigenvalue weighted by Gasteiger charge is 2.06. The number of rotatable bonds is 4. The van der Waals surface area contributed by atoms with Crippen molar-refractivity contribution in [2.45, 2.75) is 6.54 Å². The lowest BCUT2D eigenvalue weighted by Gasteiger charge is -2.01. The SMILES string of the molecule is NCC(=O)NCc1cn(-c2ccc(Br)c(F)c2)nn1. The summed E-state index contributed by atoms with van der Waals surface area (Å²) in [5.41, 5.74) is 6.27. The Balaban J connectivity index is 2.12. The van der Waals surface area contributed by atoms with Crippen molar-refractivity contribution < 1.29 is 9.18 Å². The zero-order valence-corrected chi connectivity index (χ0v) is 11.4. The van der Waals surface area contributed by atoms with Gasteiger partial charge in [-0.1, -0.05) is 5.21 Å². The van der Waals surface area contributed by atoms with Crippen molar-refractivity contribution in [1.82, 2.24) is 20.3 Å². The number of nitrogens with one attached hydrogen (secondary N) is 1. The minimum absolute atomic E-state index is 0.0773. The third-order valence-electron chi connectivity index (χ3n) is 2.36. The third-order valence-corrected chi connectivity index (χ3v) is 3.00. The molecule has 8 heteroatoms. The molecule has 1 heterocycles. The van der Waals surface area contributed by atoms with Crippen molar-refractivity contribution in [3.63, 3.8) is 0 Å². The Morgan fingerprint density at radius 3 is 3.00 bits per heavy atom. The summed E-state index contributed by atoms with van der Waals surface area (Å²) in [5, 5.41) is 10.3. The maximum Gasteiger partial charge on any atom is 0.234 e. The van der Waals surface area contributed by atoms with E-state index >= 15 is 0 Å². The number of nitrogens with two attached hydrogens (primary N) is 1. The molecule has 6 nitrogen and oxygen atoms in total. The third kappa shape index (κ3) is 3.36. The average molecular weight is 328 g/mol. The second kappa shape index (κ2) is 5.89. The number of hydrogen-bond acceptors (Lipinski definition) is 4. The predicted molar refractivity (Wildman–Crippen MR) is 69.9 cm³/mol. The van der Waals surface area contributed by atoms with Crippen LogP contribution in [0, 0.1) is 5.82 Å². The molecule has 2 rings (SSSR count). The Morgan fingerprint density at radius 2 is 2.32 bits per heavy atom. The zero-order chi connectivity index (χ0) is 13.8. The van der Waals surface area contributed by atoms with Gasteiger partial charge in [-0.2, -0.15) is 0 Å². The summed E-state index contributed by atoms with van der Waals surface area (Å²) >= 11 is 3.08. The minimum atomic E-state index is -0.383. The molecule has 0 bridgehead atoms. The number of aromatic nitrogens is 3. The molecule has 1 aromatic heterocycles. The largest absolute Gasteiger partial charge is 0.349 e. The first kappa shape index (κ1) is 13.6. The number of benzene rings is 1. The summed E-state index contributed by atoms with van der Waals surface area (Å²) in [6.45, 7) is 0.154. The van der Waals surface area contributed by atoms with E-state index in [0.29, 0.717) is 15.9 Å². The van der Waals surface area contributed by atoms with Gasteiger partial charge in [0, 0.05) is 6.07 Å². The fraction of sp³-hybridized carbons (Fsp3) is 0.182. The molecule has 100 valence electrons. The molecule has 0 saturated carbocycles. The zero-order valence-electron chi connectivity index (χ0n) is 9.81. The molecule has 0 atom stereocenters. The number of carbonyl (C=O) groups excluding carboxylic acids is 1. The van der Waals surface area contributed by atoms with Crippen LogP contribution < -0.4 is 11.1 Å². The molecule has 0 radical (unpaired) electrons. The number of halogens is 2. The van der Waals surface area contributed by atoms with Gasteiger partial charge in [0.25, 0.3) is 0 Å². The van der Waals surface area contributed by atoms with Gasteiger partial charge in [0.05, 0.1) is 29.4 Å². The molecule has 1 aromatic carbocycles. The molecule has 0 aliphatic carbocycles. The molecular formula is C11H11BrFN5O. The molecule has 0 aliphatic rings. The fourth-order valence-corrected chi connectivity index (χ4v) is 1.64.